The van der Waals surface area contributed by atoms with Gasteiger partial charge in [-0.05, 0) is 124 Å². The smallest absolute Gasteiger partial charge is 0.187 e. The van der Waals surface area contributed by atoms with Crippen LogP contribution in [0.15, 0.2) is 0 Å². The molecule has 0 amide bonds. The standard InChI is InChI=1S/C48H80O19/c1-20-28(53)31(56)34(59)39(61-20)65-36-33(58)30(55)24(18-50)63-41(36)64-26-10-12-48-19-47(48)14-13-44(6)38(22(52)16-45(44,7)25(47)15-21(51)37(48)42(26,2)3)46(8)11-9-27(66-46)43(4,5)67-40-35(60)32(57)29(54)23(17-49)62-40/h20-41,49-60H,9-19H2,1-8H3/t20-,21-,22-,23+,24+,25-,26-,27-,28-,29+,30+,31+,32-,33-,34+,35+,36+,37-,38-,39-,40-,41-,44+,45-,46-,47-,48+/m0/s1. The van der Waals surface area contributed by atoms with Gasteiger partial charge < -0.3 is 94.4 Å². The minimum atomic E-state index is -1.70. The maximum absolute atomic E-state index is 12.6. The first kappa shape index (κ1) is 51.2. The Hall–Kier alpha value is -0.760. The second-order valence-corrected chi connectivity index (χ2v) is 24.3. The normalized spacial score (nSPS) is 58.4. The summed E-state index contributed by atoms with van der Waals surface area (Å²) in [4.78, 5) is 0. The highest BCUT2D eigenvalue weighted by molar-refractivity contribution is 5.33. The van der Waals surface area contributed by atoms with Gasteiger partial charge in [-0.3, -0.25) is 0 Å². The van der Waals surface area contributed by atoms with E-state index in [1.807, 2.05) is 13.8 Å². The molecule has 0 bridgehead atoms. The van der Waals surface area contributed by atoms with Crippen LogP contribution in [0.2, 0.25) is 0 Å². The van der Waals surface area contributed by atoms with E-state index >= 15 is 0 Å². The second kappa shape index (κ2) is 17.2. The summed E-state index contributed by atoms with van der Waals surface area (Å²) in [5.74, 6) is -0.343. The quantitative estimate of drug-likeness (QED) is 0.116. The van der Waals surface area contributed by atoms with Crippen LogP contribution < -0.4 is 0 Å². The van der Waals surface area contributed by atoms with Crippen molar-refractivity contribution in [2.45, 2.75) is 241 Å². The van der Waals surface area contributed by atoms with E-state index in [0.717, 1.165) is 25.7 Å². The maximum atomic E-state index is 12.6. The summed E-state index contributed by atoms with van der Waals surface area (Å²) < 4.78 is 43.6. The minimum absolute atomic E-state index is 0.0883. The number of aliphatic hydroxyl groups is 12. The lowest BCUT2D eigenvalue weighted by Gasteiger charge is -2.65. The van der Waals surface area contributed by atoms with Gasteiger partial charge in [0.1, 0.15) is 67.1 Å². The fourth-order valence-corrected chi connectivity index (χ4v) is 16.6. The first-order valence-electron chi connectivity index (χ1n) is 24.8. The Balaban J connectivity index is 0.919. The van der Waals surface area contributed by atoms with Crippen LogP contribution in [-0.2, 0) is 33.2 Å². The van der Waals surface area contributed by atoms with E-state index in [2.05, 4.69) is 34.6 Å². The molecular formula is C48H80O19. The fourth-order valence-electron chi connectivity index (χ4n) is 16.6. The SMILES string of the molecule is C[C@@H]1O[C@@H](O[C@H]2[C@H](O[C@H]3CC[C@]45C[C@]46CC[C@]4(C)[C@@H]([C@]7(C)CC[C@@H](C(C)(C)O[C@@H]8O[C@H](CO)[C@@H](O)[C@H](O)[C@H]8O)O7)[C@@H](O)C[C@@]4(C)[C@@H]6C[C@H](O)[C@H]5C3(C)C)O[C@H](CO)[C@@H](O)[C@@H]2O)[C@H](O)[C@H](O)[C@H]1O. The van der Waals surface area contributed by atoms with Crippen LogP contribution in [-0.4, -0.2) is 202 Å². The van der Waals surface area contributed by atoms with Gasteiger partial charge in [-0.25, -0.2) is 0 Å². The molecule has 67 heavy (non-hydrogen) atoms. The average molecular weight is 961 g/mol. The van der Waals surface area contributed by atoms with Crippen molar-refractivity contribution in [1.29, 1.82) is 0 Å². The van der Waals surface area contributed by atoms with Gasteiger partial charge in [-0.15, -0.1) is 0 Å². The zero-order valence-corrected chi connectivity index (χ0v) is 40.2. The molecule has 4 aliphatic heterocycles. The summed E-state index contributed by atoms with van der Waals surface area (Å²) in [7, 11) is 0. The first-order valence-corrected chi connectivity index (χ1v) is 24.8. The highest BCUT2D eigenvalue weighted by Crippen LogP contribution is 2.89. The van der Waals surface area contributed by atoms with Gasteiger partial charge in [0.25, 0.3) is 0 Å². The number of hydrogen-bond acceptors (Lipinski definition) is 19. The summed E-state index contributed by atoms with van der Waals surface area (Å²) >= 11 is 0. The molecule has 2 spiro atoms. The second-order valence-electron chi connectivity index (χ2n) is 24.3. The third-order valence-electron chi connectivity index (χ3n) is 20.2. The molecule has 9 rings (SSSR count). The summed E-state index contributed by atoms with van der Waals surface area (Å²) in [5, 5.41) is 130. The predicted molar refractivity (Wildman–Crippen MR) is 231 cm³/mol. The van der Waals surface area contributed by atoms with Gasteiger partial charge in [-0.2, -0.15) is 0 Å². The lowest BCUT2D eigenvalue weighted by molar-refractivity contribution is -0.376. The van der Waals surface area contributed by atoms with Crippen LogP contribution >= 0.6 is 0 Å². The van der Waals surface area contributed by atoms with Gasteiger partial charge in [0, 0.05) is 5.92 Å². The van der Waals surface area contributed by atoms with Gasteiger partial charge in [-0.1, -0.05) is 27.7 Å². The number of ether oxygens (including phenoxy) is 7. The number of aliphatic hydroxyl groups excluding tert-OH is 12. The Kier molecular flexibility index (Phi) is 13.1. The molecule has 4 saturated heterocycles. The molecule has 0 aromatic rings. The summed E-state index contributed by atoms with van der Waals surface area (Å²) in [6.07, 6.45) is -17.7. The Morgan fingerprint density at radius 1 is 0.582 bits per heavy atom. The molecule has 4 heterocycles. The summed E-state index contributed by atoms with van der Waals surface area (Å²) in [6.45, 7) is 14.8. The first-order chi connectivity index (χ1) is 31.2. The van der Waals surface area contributed by atoms with E-state index in [0.29, 0.717) is 32.1 Å². The molecule has 12 N–H and O–H groups in total. The summed E-state index contributed by atoms with van der Waals surface area (Å²) in [6, 6.07) is 0. The number of fused-ring (bicyclic) bond motifs is 2. The minimum Gasteiger partial charge on any atom is -0.394 e. The molecule has 0 aromatic heterocycles. The van der Waals surface area contributed by atoms with Crippen LogP contribution in [0.5, 0.6) is 0 Å². The molecule has 5 saturated carbocycles. The zero-order chi connectivity index (χ0) is 48.9. The third-order valence-corrected chi connectivity index (χ3v) is 20.2. The predicted octanol–water partition coefficient (Wildman–Crippen LogP) is -1.06. The van der Waals surface area contributed by atoms with Gasteiger partial charge in [0.15, 0.2) is 18.9 Å². The van der Waals surface area contributed by atoms with Gasteiger partial charge >= 0.3 is 0 Å². The molecule has 0 radical (unpaired) electrons. The lowest BCUT2D eigenvalue weighted by atomic mass is 9.41. The molecule has 5 aliphatic carbocycles. The molecule has 9 aliphatic rings. The van der Waals surface area contributed by atoms with E-state index in [-0.39, 0.29) is 39.4 Å². The Labute approximate surface area is 392 Å². The summed E-state index contributed by atoms with van der Waals surface area (Å²) in [5.41, 5.74) is -3.48. The molecule has 19 nitrogen and oxygen atoms in total. The van der Waals surface area contributed by atoms with Crippen molar-refractivity contribution in [3.05, 3.63) is 0 Å². The Bertz CT molecular complexity index is 1810. The molecule has 27 atom stereocenters. The molecule has 386 valence electrons. The molecule has 0 unspecified atom stereocenters. The van der Waals surface area contributed by atoms with E-state index in [1.165, 1.54) is 6.92 Å². The Morgan fingerprint density at radius 3 is 1.85 bits per heavy atom. The van der Waals surface area contributed by atoms with Crippen LogP contribution in [0.1, 0.15) is 113 Å². The van der Waals surface area contributed by atoms with E-state index in [9.17, 15) is 61.3 Å². The van der Waals surface area contributed by atoms with Crippen LogP contribution in [0.25, 0.3) is 0 Å². The van der Waals surface area contributed by atoms with Crippen LogP contribution in [0.4, 0.5) is 0 Å². The van der Waals surface area contributed by atoms with Crippen molar-refractivity contribution < 1.29 is 94.4 Å². The van der Waals surface area contributed by atoms with Crippen molar-refractivity contribution in [1.82, 2.24) is 0 Å². The van der Waals surface area contributed by atoms with E-state index in [4.69, 9.17) is 33.2 Å². The fraction of sp³-hybridized carbons (Fsp3) is 1.00. The molecule has 19 heteroatoms. The number of rotatable bonds is 10. The van der Waals surface area contributed by atoms with Crippen molar-refractivity contribution in [3.63, 3.8) is 0 Å². The van der Waals surface area contributed by atoms with E-state index < -0.39 is 146 Å². The lowest BCUT2D eigenvalue weighted by Crippen LogP contribution is -2.66. The molecule has 0 aromatic carbocycles. The monoisotopic (exact) mass is 961 g/mol. The van der Waals surface area contributed by atoms with Gasteiger partial charge in [0.05, 0.1) is 54.9 Å². The molecular weight excluding hydrogens is 881 g/mol. The van der Waals surface area contributed by atoms with Crippen molar-refractivity contribution in [2.24, 2.45) is 44.8 Å². The van der Waals surface area contributed by atoms with Gasteiger partial charge in [0.2, 0.25) is 0 Å². The number of hydrogen-bond donors (Lipinski definition) is 12. The topological polar surface area (TPSA) is 307 Å². The van der Waals surface area contributed by atoms with Crippen LogP contribution in [0, 0.1) is 44.8 Å². The van der Waals surface area contributed by atoms with Crippen molar-refractivity contribution in [3.8, 4) is 0 Å². The maximum Gasteiger partial charge on any atom is 0.187 e. The Morgan fingerprint density at radius 2 is 1.19 bits per heavy atom. The highest BCUT2D eigenvalue weighted by atomic mass is 16.8. The van der Waals surface area contributed by atoms with E-state index in [1.54, 1.807) is 0 Å². The zero-order valence-electron chi connectivity index (χ0n) is 40.2. The molecule has 9 fully saturated rings. The van der Waals surface area contributed by atoms with Crippen molar-refractivity contribution >= 4 is 0 Å². The highest BCUT2D eigenvalue weighted by Gasteiger charge is 2.85. The van der Waals surface area contributed by atoms with Crippen molar-refractivity contribution in [2.75, 3.05) is 13.2 Å². The third kappa shape index (κ3) is 7.44. The largest absolute Gasteiger partial charge is 0.394 e. The van der Waals surface area contributed by atoms with Crippen LogP contribution in [0.3, 0.4) is 0 Å². The average Bonchev–Trinajstić information content (AvgIpc) is 3.62.